The van der Waals surface area contributed by atoms with Gasteiger partial charge in [0.05, 0.1) is 6.54 Å². The van der Waals surface area contributed by atoms with Crippen molar-refractivity contribution < 1.29 is 9.59 Å². The van der Waals surface area contributed by atoms with E-state index in [0.29, 0.717) is 13.1 Å². The first-order chi connectivity index (χ1) is 4.22. The summed E-state index contributed by atoms with van der Waals surface area (Å²) in [7, 11) is 0. The van der Waals surface area contributed by atoms with Crippen molar-refractivity contribution in [3.63, 3.8) is 0 Å². The molecule has 0 saturated carbocycles. The molecule has 0 unspecified atom stereocenters. The highest BCUT2D eigenvalue weighted by atomic mass is 32.1. The van der Waals surface area contributed by atoms with Gasteiger partial charge < -0.3 is 5.32 Å². The zero-order valence-electron chi connectivity index (χ0n) is 4.59. The van der Waals surface area contributed by atoms with E-state index in [4.69, 9.17) is 0 Å². The molecule has 0 atom stereocenters. The molecule has 1 heterocycles. The Balaban J connectivity index is 2.62. The maximum absolute atomic E-state index is 10.5. The second-order valence-electron chi connectivity index (χ2n) is 1.66. The van der Waals surface area contributed by atoms with Crippen molar-refractivity contribution in [3.8, 4) is 0 Å². The quantitative estimate of drug-likeness (QED) is 0.447. The number of hydrogen-bond acceptors (Lipinski definition) is 2. The number of carbonyl (C=O) groups is 2. The number of nitrogens with one attached hydrogen (secondary N) is 1. The summed E-state index contributed by atoms with van der Waals surface area (Å²) in [5, 5.41) is 2.37. The molecule has 0 aromatic carbocycles. The minimum atomic E-state index is -0.628. The van der Waals surface area contributed by atoms with E-state index in [1.165, 1.54) is 0 Å². The Morgan fingerprint density at radius 2 is 2.22 bits per heavy atom. The number of nitrogens with zero attached hydrogens (tertiary/aromatic N) is 1. The standard InChI is InChI=1S/C4H5N2O2S/c7-3-4(8)6(9)2-1-5-3/h1-2H2,(H,5,7). The summed E-state index contributed by atoms with van der Waals surface area (Å²) in [4.78, 5) is 21.0. The van der Waals surface area contributed by atoms with Gasteiger partial charge in [0, 0.05) is 19.4 Å². The van der Waals surface area contributed by atoms with E-state index in [0.717, 1.165) is 4.31 Å². The number of hydrogen-bond donors (Lipinski definition) is 1. The molecule has 0 aliphatic carbocycles. The normalized spacial score (nSPS) is 19.9. The molecule has 49 valence electrons. The van der Waals surface area contributed by atoms with Crippen LogP contribution < -0.4 is 5.32 Å². The van der Waals surface area contributed by atoms with Crippen LogP contribution in [0.4, 0.5) is 0 Å². The van der Waals surface area contributed by atoms with Crippen LogP contribution in [0.1, 0.15) is 0 Å². The zero-order valence-corrected chi connectivity index (χ0v) is 5.40. The molecule has 0 bridgehead atoms. The number of carbonyl (C=O) groups excluding carboxylic acids is 2. The van der Waals surface area contributed by atoms with Gasteiger partial charge in [0.25, 0.3) is 0 Å². The third-order valence-corrected chi connectivity index (χ3v) is 1.37. The average molecular weight is 145 g/mol. The van der Waals surface area contributed by atoms with E-state index in [-0.39, 0.29) is 0 Å². The van der Waals surface area contributed by atoms with Gasteiger partial charge in [-0.2, -0.15) is 0 Å². The average Bonchev–Trinajstić information content (AvgIpc) is 1.83. The summed E-state index contributed by atoms with van der Waals surface area (Å²) < 4.78 is 0.985. The Kier molecular flexibility index (Phi) is 1.61. The number of amides is 2. The summed E-state index contributed by atoms with van der Waals surface area (Å²) >= 11 is 4.51. The Morgan fingerprint density at radius 1 is 1.56 bits per heavy atom. The Hall–Kier alpha value is -0.710. The van der Waals surface area contributed by atoms with Crippen LogP contribution in [0.3, 0.4) is 0 Å². The maximum Gasteiger partial charge on any atom is 0.322 e. The van der Waals surface area contributed by atoms with Gasteiger partial charge in [-0.05, 0) is 0 Å². The molecule has 1 radical (unpaired) electrons. The largest absolute Gasteiger partial charge is 0.346 e. The predicted molar refractivity (Wildman–Crippen MR) is 32.3 cm³/mol. The third kappa shape index (κ3) is 1.16. The number of piperazine rings is 1. The second-order valence-corrected chi connectivity index (χ2v) is 2.10. The van der Waals surface area contributed by atoms with Crippen LogP contribution in [-0.2, 0) is 9.59 Å². The fourth-order valence-corrected chi connectivity index (χ4v) is 0.736. The Morgan fingerprint density at radius 3 is 2.67 bits per heavy atom. The van der Waals surface area contributed by atoms with Crippen molar-refractivity contribution in [3.05, 3.63) is 0 Å². The lowest BCUT2D eigenvalue weighted by molar-refractivity contribution is -0.144. The molecule has 1 aliphatic rings. The van der Waals surface area contributed by atoms with E-state index in [1.54, 1.807) is 0 Å². The summed E-state index contributed by atoms with van der Waals surface area (Å²) in [6.07, 6.45) is 0. The molecule has 0 aromatic heterocycles. The van der Waals surface area contributed by atoms with Gasteiger partial charge >= 0.3 is 11.8 Å². The molecule has 2 amide bonds. The van der Waals surface area contributed by atoms with E-state index >= 15 is 0 Å². The molecule has 4 nitrogen and oxygen atoms in total. The Bertz CT molecular complexity index is 159. The van der Waals surface area contributed by atoms with E-state index in [1.807, 2.05) is 0 Å². The van der Waals surface area contributed by atoms with Crippen molar-refractivity contribution in [2.24, 2.45) is 0 Å². The molecule has 1 rings (SSSR count). The van der Waals surface area contributed by atoms with Crippen molar-refractivity contribution >= 4 is 24.6 Å². The van der Waals surface area contributed by atoms with Gasteiger partial charge in [-0.15, -0.1) is 0 Å². The molecule has 1 N–H and O–H groups in total. The van der Waals surface area contributed by atoms with Crippen molar-refractivity contribution in [1.82, 2.24) is 9.62 Å². The van der Waals surface area contributed by atoms with Crippen LogP contribution in [0.2, 0.25) is 0 Å². The monoisotopic (exact) mass is 145 g/mol. The Labute approximate surface area is 57.8 Å². The maximum atomic E-state index is 10.5. The molecule has 1 fully saturated rings. The highest BCUT2D eigenvalue weighted by molar-refractivity contribution is 7.78. The minimum absolute atomic E-state index is 0.430. The van der Waals surface area contributed by atoms with Gasteiger partial charge in [0.2, 0.25) is 0 Å². The molecule has 1 saturated heterocycles. The zero-order chi connectivity index (χ0) is 6.85. The first-order valence-corrected chi connectivity index (χ1v) is 2.85. The van der Waals surface area contributed by atoms with Gasteiger partial charge in [0.15, 0.2) is 0 Å². The van der Waals surface area contributed by atoms with Crippen LogP contribution in [0, 0.1) is 0 Å². The lowest BCUT2D eigenvalue weighted by atomic mass is 10.4. The van der Waals surface area contributed by atoms with Crippen molar-refractivity contribution in [2.75, 3.05) is 13.1 Å². The third-order valence-electron chi connectivity index (χ3n) is 1.02. The summed E-state index contributed by atoms with van der Waals surface area (Å²) in [6.45, 7) is 0.897. The summed E-state index contributed by atoms with van der Waals surface area (Å²) in [6, 6.07) is 0. The minimum Gasteiger partial charge on any atom is -0.346 e. The SMILES string of the molecule is O=C1NCCN([S])C1=O. The van der Waals surface area contributed by atoms with E-state index in [2.05, 4.69) is 18.1 Å². The second kappa shape index (κ2) is 2.26. The molecule has 1 aliphatic heterocycles. The van der Waals surface area contributed by atoms with Crippen LogP contribution in [-0.4, -0.2) is 29.2 Å². The fraction of sp³-hybridized carbons (Fsp3) is 0.500. The van der Waals surface area contributed by atoms with Gasteiger partial charge in [0.1, 0.15) is 0 Å². The van der Waals surface area contributed by atoms with E-state index < -0.39 is 11.8 Å². The lowest BCUT2D eigenvalue weighted by Gasteiger charge is -2.18. The molecule has 0 aromatic rings. The summed E-state index contributed by atoms with van der Waals surface area (Å²) in [5.41, 5.74) is 0. The predicted octanol–water partition coefficient (Wildman–Crippen LogP) is -0.943. The van der Waals surface area contributed by atoms with Gasteiger partial charge in [-0.25, -0.2) is 0 Å². The van der Waals surface area contributed by atoms with Crippen LogP contribution >= 0.6 is 12.8 Å². The van der Waals surface area contributed by atoms with Gasteiger partial charge in [-0.3, -0.25) is 13.9 Å². The molecule has 9 heavy (non-hydrogen) atoms. The first-order valence-electron chi connectivity index (χ1n) is 2.48. The van der Waals surface area contributed by atoms with E-state index in [9.17, 15) is 9.59 Å². The van der Waals surface area contributed by atoms with Crippen molar-refractivity contribution in [1.29, 1.82) is 0 Å². The summed E-state index contributed by atoms with van der Waals surface area (Å²) in [5.74, 6) is -1.23. The number of rotatable bonds is 0. The molecule has 0 spiro atoms. The molecule has 5 heteroatoms. The van der Waals surface area contributed by atoms with Crippen LogP contribution in [0.5, 0.6) is 0 Å². The highest BCUT2D eigenvalue weighted by Crippen LogP contribution is 1.96. The molecular weight excluding hydrogens is 140 g/mol. The highest BCUT2D eigenvalue weighted by Gasteiger charge is 2.23. The lowest BCUT2D eigenvalue weighted by Crippen LogP contribution is -2.48. The van der Waals surface area contributed by atoms with Gasteiger partial charge in [-0.1, -0.05) is 0 Å². The first kappa shape index (κ1) is 6.41. The van der Waals surface area contributed by atoms with Crippen molar-refractivity contribution in [2.45, 2.75) is 0 Å². The topological polar surface area (TPSA) is 49.4 Å². The fourth-order valence-electron chi connectivity index (χ4n) is 0.561. The molecular formula is C4H5N2O2S. The van der Waals surface area contributed by atoms with Crippen LogP contribution in [0.15, 0.2) is 0 Å². The van der Waals surface area contributed by atoms with Crippen LogP contribution in [0.25, 0.3) is 0 Å². The smallest absolute Gasteiger partial charge is 0.322 e.